The van der Waals surface area contributed by atoms with E-state index >= 15 is 0 Å². The van der Waals surface area contributed by atoms with E-state index in [-0.39, 0.29) is 23.5 Å². The number of nitrogens with two attached hydrogens (primary N) is 1. The number of aromatic nitrogens is 2. The highest BCUT2D eigenvalue weighted by atomic mass is 19.1. The van der Waals surface area contributed by atoms with Gasteiger partial charge in [-0.1, -0.05) is 6.07 Å². The van der Waals surface area contributed by atoms with Crippen LogP contribution in [0.5, 0.6) is 0 Å². The molecule has 2 aromatic rings. The van der Waals surface area contributed by atoms with Crippen molar-refractivity contribution >= 4 is 5.82 Å². The maximum atomic E-state index is 13.1. The highest BCUT2D eigenvalue weighted by Gasteiger charge is 2.05. The number of nitriles is 1. The second kappa shape index (κ2) is 4.67. The minimum Gasteiger partial charge on any atom is -0.382 e. The summed E-state index contributed by atoms with van der Waals surface area (Å²) < 4.78 is 14.3. The summed E-state index contributed by atoms with van der Waals surface area (Å²) in [6, 6.07) is 8.51. The third-order valence-corrected chi connectivity index (χ3v) is 2.37. The number of hydrogen-bond donors (Lipinski definition) is 1. The second-order valence-electron chi connectivity index (χ2n) is 3.68. The molecule has 2 N–H and O–H groups in total. The Kier molecular flexibility index (Phi) is 3.06. The monoisotopic (exact) mass is 244 g/mol. The number of nitrogens with zero attached hydrogens (tertiary/aromatic N) is 3. The molecule has 0 bridgehead atoms. The van der Waals surface area contributed by atoms with Gasteiger partial charge in [0, 0.05) is 6.07 Å². The van der Waals surface area contributed by atoms with E-state index in [9.17, 15) is 9.18 Å². The van der Waals surface area contributed by atoms with Crippen LogP contribution in [-0.4, -0.2) is 9.78 Å². The van der Waals surface area contributed by atoms with Crippen molar-refractivity contribution in [3.63, 3.8) is 0 Å². The van der Waals surface area contributed by atoms with Crippen LogP contribution in [0.1, 0.15) is 11.1 Å². The molecule has 0 saturated carbocycles. The predicted octanol–water partition coefficient (Wildman–Crippen LogP) is 0.885. The van der Waals surface area contributed by atoms with Gasteiger partial charge in [-0.15, -0.1) is 0 Å². The lowest BCUT2D eigenvalue weighted by molar-refractivity contribution is 0.616. The summed E-state index contributed by atoms with van der Waals surface area (Å²) in [5.74, 6) is -0.369. The zero-order valence-electron chi connectivity index (χ0n) is 9.30. The molecule has 1 aromatic heterocycles. The van der Waals surface area contributed by atoms with Gasteiger partial charge >= 0.3 is 0 Å². The first-order valence-electron chi connectivity index (χ1n) is 5.12. The van der Waals surface area contributed by atoms with Crippen molar-refractivity contribution in [2.75, 3.05) is 5.73 Å². The Hall–Kier alpha value is -2.68. The lowest BCUT2D eigenvalue weighted by Crippen LogP contribution is -2.23. The van der Waals surface area contributed by atoms with Gasteiger partial charge in [0.25, 0.3) is 5.56 Å². The van der Waals surface area contributed by atoms with Crippen molar-refractivity contribution in [1.82, 2.24) is 9.78 Å². The Labute approximate surface area is 102 Å². The summed E-state index contributed by atoms with van der Waals surface area (Å²) >= 11 is 0. The standard InChI is InChI=1S/C12H9FN4O/c13-10-2-1-8(5-9(10)6-14)7-17-12(18)4-3-11(15)16-17/h1-5H,7H2,(H2,15,16). The van der Waals surface area contributed by atoms with Crippen molar-refractivity contribution in [1.29, 1.82) is 5.26 Å². The van der Waals surface area contributed by atoms with Crippen LogP contribution in [0.15, 0.2) is 35.1 Å². The maximum Gasteiger partial charge on any atom is 0.267 e. The average molecular weight is 244 g/mol. The van der Waals surface area contributed by atoms with E-state index in [1.807, 2.05) is 0 Å². The van der Waals surface area contributed by atoms with Gasteiger partial charge in [0.2, 0.25) is 0 Å². The van der Waals surface area contributed by atoms with Crippen LogP contribution >= 0.6 is 0 Å². The van der Waals surface area contributed by atoms with E-state index in [1.165, 1.54) is 30.3 Å². The van der Waals surface area contributed by atoms with E-state index < -0.39 is 5.82 Å². The molecular formula is C12H9FN4O. The SMILES string of the molecule is N#Cc1cc(Cn2nc(N)ccc2=O)ccc1F. The number of rotatable bonds is 2. The van der Waals surface area contributed by atoms with E-state index in [4.69, 9.17) is 11.0 Å². The molecule has 0 amide bonds. The van der Waals surface area contributed by atoms with Crippen LogP contribution in [-0.2, 0) is 6.54 Å². The van der Waals surface area contributed by atoms with Crippen molar-refractivity contribution in [2.45, 2.75) is 6.54 Å². The Morgan fingerprint density at radius 2 is 2.17 bits per heavy atom. The van der Waals surface area contributed by atoms with Gasteiger partial charge in [-0.2, -0.15) is 10.4 Å². The van der Waals surface area contributed by atoms with Crippen molar-refractivity contribution < 1.29 is 4.39 Å². The Bertz CT molecular complexity index is 687. The number of halogens is 1. The predicted molar refractivity (Wildman–Crippen MR) is 63.1 cm³/mol. The highest BCUT2D eigenvalue weighted by Crippen LogP contribution is 2.10. The number of anilines is 1. The van der Waals surface area contributed by atoms with Gasteiger partial charge in [0.15, 0.2) is 0 Å². The average Bonchev–Trinajstić information content (AvgIpc) is 2.36. The van der Waals surface area contributed by atoms with Gasteiger partial charge in [-0.25, -0.2) is 9.07 Å². The normalized spacial score (nSPS) is 10.0. The first-order chi connectivity index (χ1) is 8.60. The van der Waals surface area contributed by atoms with E-state index in [0.29, 0.717) is 5.56 Å². The molecule has 0 spiro atoms. The van der Waals surface area contributed by atoms with E-state index in [2.05, 4.69) is 5.10 Å². The highest BCUT2D eigenvalue weighted by molar-refractivity contribution is 5.34. The molecule has 0 aliphatic rings. The van der Waals surface area contributed by atoms with E-state index in [0.717, 1.165) is 4.68 Å². The molecule has 0 radical (unpaired) electrons. The molecule has 0 atom stereocenters. The van der Waals surface area contributed by atoms with Gasteiger partial charge in [-0.3, -0.25) is 4.79 Å². The van der Waals surface area contributed by atoms with Gasteiger partial charge < -0.3 is 5.73 Å². The molecule has 1 heterocycles. The molecule has 2 rings (SSSR count). The maximum absolute atomic E-state index is 13.1. The number of hydrogen-bond acceptors (Lipinski definition) is 4. The summed E-state index contributed by atoms with van der Waals surface area (Å²) in [4.78, 5) is 11.5. The van der Waals surface area contributed by atoms with Gasteiger partial charge in [0.1, 0.15) is 17.7 Å². The molecule has 5 nitrogen and oxygen atoms in total. The van der Waals surface area contributed by atoms with Gasteiger partial charge in [0.05, 0.1) is 12.1 Å². The summed E-state index contributed by atoms with van der Waals surface area (Å²) in [6.07, 6.45) is 0. The Balaban J connectivity index is 2.38. The zero-order chi connectivity index (χ0) is 13.1. The fraction of sp³-hybridized carbons (Fsp3) is 0.0833. The lowest BCUT2D eigenvalue weighted by Gasteiger charge is -2.05. The summed E-state index contributed by atoms with van der Waals surface area (Å²) in [5.41, 5.74) is 5.70. The lowest BCUT2D eigenvalue weighted by atomic mass is 10.1. The molecule has 1 aromatic carbocycles. The van der Waals surface area contributed by atoms with Crippen molar-refractivity contribution in [2.24, 2.45) is 0 Å². The molecule has 0 aliphatic heterocycles. The topological polar surface area (TPSA) is 84.7 Å². The molecule has 6 heteroatoms. The summed E-state index contributed by atoms with van der Waals surface area (Å²) in [7, 11) is 0. The second-order valence-corrected chi connectivity index (χ2v) is 3.68. The molecule has 0 unspecified atom stereocenters. The third-order valence-electron chi connectivity index (χ3n) is 2.37. The smallest absolute Gasteiger partial charge is 0.267 e. The quantitative estimate of drug-likeness (QED) is 0.849. The molecular weight excluding hydrogens is 235 g/mol. The molecule has 18 heavy (non-hydrogen) atoms. The molecule has 90 valence electrons. The molecule has 0 aliphatic carbocycles. The first-order valence-corrected chi connectivity index (χ1v) is 5.12. The van der Waals surface area contributed by atoms with Crippen LogP contribution < -0.4 is 11.3 Å². The largest absolute Gasteiger partial charge is 0.382 e. The zero-order valence-corrected chi connectivity index (χ0v) is 9.30. The van der Waals surface area contributed by atoms with Crippen molar-refractivity contribution in [3.05, 3.63) is 57.6 Å². The van der Waals surface area contributed by atoms with Gasteiger partial charge in [-0.05, 0) is 23.8 Å². The molecule has 0 fully saturated rings. The summed E-state index contributed by atoms with van der Waals surface area (Å²) in [6.45, 7) is 0.138. The van der Waals surface area contributed by atoms with Crippen LogP contribution in [0.4, 0.5) is 10.2 Å². The van der Waals surface area contributed by atoms with Crippen LogP contribution in [0.2, 0.25) is 0 Å². The first kappa shape index (κ1) is 11.8. The molecule has 0 saturated heterocycles. The van der Waals surface area contributed by atoms with Crippen LogP contribution in [0, 0.1) is 17.1 Å². The fourth-order valence-corrected chi connectivity index (χ4v) is 1.51. The number of benzene rings is 1. The van der Waals surface area contributed by atoms with Crippen LogP contribution in [0.3, 0.4) is 0 Å². The Morgan fingerprint density at radius 1 is 1.39 bits per heavy atom. The Morgan fingerprint density at radius 3 is 2.89 bits per heavy atom. The van der Waals surface area contributed by atoms with Crippen LogP contribution in [0.25, 0.3) is 0 Å². The van der Waals surface area contributed by atoms with E-state index in [1.54, 1.807) is 6.07 Å². The third kappa shape index (κ3) is 2.35. The minimum absolute atomic E-state index is 0.0653. The fourth-order valence-electron chi connectivity index (χ4n) is 1.51. The summed E-state index contributed by atoms with van der Waals surface area (Å²) in [5, 5.41) is 12.6. The number of nitrogen functional groups attached to an aromatic ring is 1. The minimum atomic E-state index is -0.589. The van der Waals surface area contributed by atoms with Crippen molar-refractivity contribution in [3.8, 4) is 6.07 Å².